The maximum atomic E-state index is 13.6. The van der Waals surface area contributed by atoms with Crippen molar-refractivity contribution in [2.45, 2.75) is 63.3 Å². The number of rotatable bonds is 9. The topological polar surface area (TPSA) is 117 Å². The highest BCUT2D eigenvalue weighted by Crippen LogP contribution is 2.47. The number of carbonyl (C=O) groups excluding carboxylic acids is 1. The third kappa shape index (κ3) is 6.01. The van der Waals surface area contributed by atoms with Crippen molar-refractivity contribution in [2.24, 2.45) is 5.92 Å². The molecule has 0 aliphatic carbocycles. The summed E-state index contributed by atoms with van der Waals surface area (Å²) in [6.07, 6.45) is -2.46. The zero-order chi connectivity index (χ0) is 28.4. The lowest BCUT2D eigenvalue weighted by Gasteiger charge is -2.48. The quantitative estimate of drug-likeness (QED) is 0.321. The van der Waals surface area contributed by atoms with Crippen LogP contribution in [-0.2, 0) is 19.1 Å². The van der Waals surface area contributed by atoms with Crippen LogP contribution in [-0.4, -0.2) is 45.7 Å². The highest BCUT2D eigenvalue weighted by molar-refractivity contribution is 6.03. The average Bonchev–Trinajstić information content (AvgIpc) is 2.93. The molecule has 9 heteroatoms. The summed E-state index contributed by atoms with van der Waals surface area (Å²) in [5.74, 6) is -1.95. The first-order chi connectivity index (χ1) is 19.2. The van der Waals surface area contributed by atoms with Crippen LogP contribution in [0.25, 0.3) is 0 Å². The molecule has 6 atom stereocenters. The molecule has 0 bridgehead atoms. The van der Waals surface area contributed by atoms with Crippen molar-refractivity contribution in [3.63, 3.8) is 0 Å². The van der Waals surface area contributed by atoms with Crippen LogP contribution in [0.3, 0.4) is 0 Å². The van der Waals surface area contributed by atoms with Gasteiger partial charge in [0.2, 0.25) is 5.91 Å². The molecule has 3 aromatic rings. The molecule has 0 saturated carbocycles. The minimum atomic E-state index is -1.16. The minimum absolute atomic E-state index is 0.00546. The molecule has 2 aliphatic rings. The summed E-state index contributed by atoms with van der Waals surface area (Å²) < 4.78 is 25.5. The number of halogens is 1. The highest BCUT2D eigenvalue weighted by Gasteiger charge is 2.48. The molecule has 0 radical (unpaired) electrons. The van der Waals surface area contributed by atoms with Gasteiger partial charge in [0.1, 0.15) is 11.6 Å². The number of amides is 1. The van der Waals surface area contributed by atoms with Crippen LogP contribution in [0.2, 0.25) is 0 Å². The predicted octanol–water partition coefficient (Wildman–Crippen LogP) is 5.03. The fourth-order valence-electron chi connectivity index (χ4n) is 5.49. The van der Waals surface area contributed by atoms with Gasteiger partial charge in [0, 0.05) is 18.5 Å². The molecule has 2 saturated heterocycles. The van der Waals surface area contributed by atoms with Crippen LogP contribution in [0, 0.1) is 18.7 Å². The van der Waals surface area contributed by atoms with E-state index < -0.39 is 42.3 Å². The summed E-state index contributed by atoms with van der Waals surface area (Å²) >= 11 is 0. The first-order valence-electron chi connectivity index (χ1n) is 13.4. The number of ether oxygens (including phenoxy) is 2. The van der Waals surface area contributed by atoms with Gasteiger partial charge in [-0.05, 0) is 67.3 Å². The second-order valence-corrected chi connectivity index (χ2v) is 10.5. The van der Waals surface area contributed by atoms with E-state index in [1.165, 1.54) is 12.1 Å². The third-order valence-corrected chi connectivity index (χ3v) is 7.60. The minimum Gasteiger partial charge on any atom is -0.508 e. The predicted molar refractivity (Wildman–Crippen MR) is 144 cm³/mol. The number of phenols is 1. The first-order valence-corrected chi connectivity index (χ1v) is 13.4. The monoisotopic (exact) mass is 549 g/mol. The Balaban J connectivity index is 1.38. The molecule has 2 unspecified atom stereocenters. The number of aliphatic hydroxyl groups is 1. The van der Waals surface area contributed by atoms with Crippen molar-refractivity contribution in [2.75, 3.05) is 4.90 Å². The molecule has 210 valence electrons. The normalized spacial score (nSPS) is 25.3. The van der Waals surface area contributed by atoms with Crippen LogP contribution in [0.15, 0.2) is 72.8 Å². The highest BCUT2D eigenvalue weighted by atomic mass is 19.1. The molecular formula is C31H32FNO7. The number of aryl methyl sites for hydroxylation is 1. The van der Waals surface area contributed by atoms with Gasteiger partial charge in [0.05, 0.1) is 24.2 Å². The molecule has 0 spiro atoms. The molecule has 3 aromatic carbocycles. The van der Waals surface area contributed by atoms with E-state index in [0.717, 1.165) is 16.7 Å². The largest absolute Gasteiger partial charge is 0.508 e. The Labute approximate surface area is 231 Å². The number of hydrogen-bond acceptors (Lipinski definition) is 6. The maximum Gasteiger partial charge on any atom is 0.333 e. The van der Waals surface area contributed by atoms with Gasteiger partial charge in [-0.2, -0.15) is 0 Å². The molecule has 2 aliphatic heterocycles. The Morgan fingerprint density at radius 1 is 1.05 bits per heavy atom. The van der Waals surface area contributed by atoms with E-state index in [2.05, 4.69) is 0 Å². The number of aliphatic hydroxyl groups excluding tert-OH is 1. The van der Waals surface area contributed by atoms with E-state index in [0.29, 0.717) is 18.5 Å². The number of aliphatic carboxylic acids is 1. The summed E-state index contributed by atoms with van der Waals surface area (Å²) in [7, 11) is 0. The van der Waals surface area contributed by atoms with Crippen LogP contribution in [0.4, 0.5) is 10.1 Å². The maximum absolute atomic E-state index is 13.6. The number of benzene rings is 3. The van der Waals surface area contributed by atoms with E-state index in [9.17, 15) is 29.3 Å². The lowest BCUT2D eigenvalue weighted by atomic mass is 9.78. The molecule has 8 nitrogen and oxygen atoms in total. The van der Waals surface area contributed by atoms with E-state index in [-0.39, 0.29) is 30.5 Å². The SMILES string of the molecule is Cc1ccc([C@H](CCC2C(=O)N(c3ccc(F)cc3)C2c2ccc(O)cc2)O[C@H]2C[C@@H](O)C[C@@H](C(=O)O)O2)cc1. The summed E-state index contributed by atoms with van der Waals surface area (Å²) in [6, 6.07) is 19.9. The number of phenolic OH excluding ortho intramolecular Hbond substituents is 1. The summed E-state index contributed by atoms with van der Waals surface area (Å²) in [4.78, 5) is 26.6. The Bertz CT molecular complexity index is 1330. The number of carbonyl (C=O) groups is 2. The molecule has 0 aromatic heterocycles. The molecule has 2 fully saturated rings. The number of β-lactam (4-membered cyclic amide) rings is 1. The van der Waals surface area contributed by atoms with Crippen LogP contribution < -0.4 is 4.90 Å². The fourth-order valence-corrected chi connectivity index (χ4v) is 5.49. The van der Waals surface area contributed by atoms with E-state index in [1.807, 2.05) is 31.2 Å². The van der Waals surface area contributed by atoms with Gasteiger partial charge in [-0.1, -0.05) is 42.0 Å². The van der Waals surface area contributed by atoms with E-state index in [1.54, 1.807) is 41.3 Å². The van der Waals surface area contributed by atoms with Crippen LogP contribution in [0.1, 0.15) is 54.5 Å². The van der Waals surface area contributed by atoms with Crippen molar-refractivity contribution < 1.29 is 38.8 Å². The van der Waals surface area contributed by atoms with Crippen molar-refractivity contribution in [1.82, 2.24) is 0 Å². The number of anilines is 1. The van der Waals surface area contributed by atoms with Crippen molar-refractivity contribution >= 4 is 17.6 Å². The summed E-state index contributed by atoms with van der Waals surface area (Å²) in [6.45, 7) is 1.97. The number of hydrogen-bond donors (Lipinski definition) is 3. The second-order valence-electron chi connectivity index (χ2n) is 10.5. The average molecular weight is 550 g/mol. The van der Waals surface area contributed by atoms with Crippen LogP contribution >= 0.6 is 0 Å². The zero-order valence-corrected chi connectivity index (χ0v) is 22.0. The standard InChI is InChI=1S/C31H32FNO7/c1-18-2-4-19(5-3-18)26(39-28-17-24(35)16-27(40-28)31(37)38)15-14-25-29(20-6-12-23(34)13-7-20)33(30(25)36)22-10-8-21(32)9-11-22/h2-13,24-29,34-35H,14-17H2,1H3,(H,37,38)/t24-,25?,26-,27-,28+,29?/m0/s1. The number of aromatic hydroxyl groups is 1. The number of carboxylic acids is 1. The Hall–Kier alpha value is -3.79. The molecule has 2 heterocycles. The van der Waals surface area contributed by atoms with E-state index >= 15 is 0 Å². The van der Waals surface area contributed by atoms with Gasteiger partial charge in [0.15, 0.2) is 12.4 Å². The second kappa shape index (κ2) is 11.8. The molecule has 1 amide bonds. The Morgan fingerprint density at radius 2 is 1.73 bits per heavy atom. The molecule has 5 rings (SSSR count). The van der Waals surface area contributed by atoms with Gasteiger partial charge < -0.3 is 29.7 Å². The fraction of sp³-hybridized carbons (Fsp3) is 0.355. The molecular weight excluding hydrogens is 517 g/mol. The van der Waals surface area contributed by atoms with Gasteiger partial charge in [-0.25, -0.2) is 9.18 Å². The smallest absolute Gasteiger partial charge is 0.333 e. The third-order valence-electron chi connectivity index (χ3n) is 7.60. The Morgan fingerprint density at radius 3 is 2.38 bits per heavy atom. The molecule has 40 heavy (non-hydrogen) atoms. The first kappa shape index (κ1) is 27.8. The lowest BCUT2D eigenvalue weighted by Crippen LogP contribution is -2.55. The van der Waals surface area contributed by atoms with Crippen LogP contribution in [0.5, 0.6) is 5.75 Å². The molecule has 3 N–H and O–H groups in total. The van der Waals surface area contributed by atoms with Gasteiger partial charge >= 0.3 is 5.97 Å². The number of nitrogens with zero attached hydrogens (tertiary/aromatic N) is 1. The summed E-state index contributed by atoms with van der Waals surface area (Å²) in [5, 5.41) is 29.5. The number of carboxylic acid groups (broad SMARTS) is 1. The van der Waals surface area contributed by atoms with Crippen molar-refractivity contribution in [3.8, 4) is 5.75 Å². The lowest BCUT2D eigenvalue weighted by molar-refractivity contribution is -0.239. The van der Waals surface area contributed by atoms with E-state index in [4.69, 9.17) is 9.47 Å². The Kier molecular flexibility index (Phi) is 8.16. The van der Waals surface area contributed by atoms with Gasteiger partial charge in [-0.15, -0.1) is 0 Å². The van der Waals surface area contributed by atoms with Gasteiger partial charge in [-0.3, -0.25) is 4.79 Å². The van der Waals surface area contributed by atoms with Crippen molar-refractivity contribution in [1.29, 1.82) is 0 Å². The summed E-state index contributed by atoms with van der Waals surface area (Å²) in [5.41, 5.74) is 3.33. The zero-order valence-electron chi connectivity index (χ0n) is 22.0. The van der Waals surface area contributed by atoms with Gasteiger partial charge in [0.25, 0.3) is 0 Å². The van der Waals surface area contributed by atoms with Crippen molar-refractivity contribution in [3.05, 3.63) is 95.3 Å².